The first-order chi connectivity index (χ1) is 8.97. The van der Waals surface area contributed by atoms with Crippen LogP contribution >= 0.6 is 23.2 Å². The second-order valence-electron chi connectivity index (χ2n) is 4.77. The maximum atomic E-state index is 10.5. The largest absolute Gasteiger partial charge is 0.478 e. The molecule has 0 aliphatic heterocycles. The molecule has 0 radical (unpaired) electrons. The Balaban J connectivity index is 1.99. The predicted octanol–water partition coefficient (Wildman–Crippen LogP) is 4.68. The highest BCUT2D eigenvalue weighted by molar-refractivity contribution is 6.42. The van der Waals surface area contributed by atoms with Crippen molar-refractivity contribution in [2.75, 3.05) is 0 Å². The first kappa shape index (κ1) is 14.2. The molecule has 1 fully saturated rings. The minimum absolute atomic E-state index is 0.453. The fourth-order valence-electron chi connectivity index (χ4n) is 2.07. The molecule has 0 bridgehead atoms. The molecule has 2 atom stereocenters. The number of benzene rings is 1. The third-order valence-corrected chi connectivity index (χ3v) is 3.91. The first-order valence-corrected chi connectivity index (χ1v) is 6.77. The van der Waals surface area contributed by atoms with E-state index in [9.17, 15) is 4.79 Å². The number of carboxylic acids is 1. The van der Waals surface area contributed by atoms with Gasteiger partial charge in [-0.05, 0) is 48.4 Å². The van der Waals surface area contributed by atoms with Gasteiger partial charge in [0.1, 0.15) is 0 Å². The summed E-state index contributed by atoms with van der Waals surface area (Å²) in [6.07, 6.45) is 6.18. The zero-order valence-corrected chi connectivity index (χ0v) is 11.9. The van der Waals surface area contributed by atoms with Gasteiger partial charge in [0, 0.05) is 6.08 Å². The van der Waals surface area contributed by atoms with Gasteiger partial charge in [-0.1, -0.05) is 41.4 Å². The number of carboxylic acid groups (broad SMARTS) is 1. The number of carbonyl (C=O) groups is 1. The van der Waals surface area contributed by atoms with Crippen molar-refractivity contribution in [1.29, 1.82) is 0 Å². The number of halogens is 2. The van der Waals surface area contributed by atoms with Gasteiger partial charge in [0.2, 0.25) is 0 Å². The lowest BCUT2D eigenvalue weighted by molar-refractivity contribution is -0.131. The number of aliphatic carboxylic acids is 1. The Labute approximate surface area is 122 Å². The Kier molecular flexibility index (Phi) is 4.33. The summed E-state index contributed by atoms with van der Waals surface area (Å²) < 4.78 is 0. The highest BCUT2D eigenvalue weighted by Crippen LogP contribution is 2.49. The molecule has 2 rings (SSSR count). The van der Waals surface area contributed by atoms with Gasteiger partial charge in [-0.25, -0.2) is 4.79 Å². The van der Waals surface area contributed by atoms with Crippen molar-refractivity contribution in [2.24, 2.45) is 5.92 Å². The molecule has 1 aromatic carbocycles. The first-order valence-electron chi connectivity index (χ1n) is 6.01. The highest BCUT2D eigenvalue weighted by Gasteiger charge is 2.36. The van der Waals surface area contributed by atoms with Gasteiger partial charge in [-0.3, -0.25) is 0 Å². The zero-order valence-electron chi connectivity index (χ0n) is 10.4. The molecular weight excluding hydrogens is 283 g/mol. The van der Waals surface area contributed by atoms with Crippen LogP contribution in [0.1, 0.15) is 24.8 Å². The smallest absolute Gasteiger partial charge is 0.328 e. The lowest BCUT2D eigenvalue weighted by Crippen LogP contribution is -1.88. The molecular formula is C15H14Cl2O2. The van der Waals surface area contributed by atoms with E-state index in [4.69, 9.17) is 28.3 Å². The van der Waals surface area contributed by atoms with Gasteiger partial charge >= 0.3 is 5.97 Å². The van der Waals surface area contributed by atoms with E-state index in [1.165, 1.54) is 11.6 Å². The van der Waals surface area contributed by atoms with Gasteiger partial charge in [0.25, 0.3) is 0 Å². The van der Waals surface area contributed by atoms with E-state index >= 15 is 0 Å². The Morgan fingerprint density at radius 2 is 2.11 bits per heavy atom. The lowest BCUT2D eigenvalue weighted by Gasteiger charge is -2.01. The minimum Gasteiger partial charge on any atom is -0.478 e. The number of hydrogen-bond donors (Lipinski definition) is 1. The topological polar surface area (TPSA) is 37.3 Å². The van der Waals surface area contributed by atoms with Crippen molar-refractivity contribution < 1.29 is 9.90 Å². The van der Waals surface area contributed by atoms with Gasteiger partial charge in [0.05, 0.1) is 10.0 Å². The van der Waals surface area contributed by atoms with E-state index in [0.29, 0.717) is 21.9 Å². The molecule has 2 nitrogen and oxygen atoms in total. The summed E-state index contributed by atoms with van der Waals surface area (Å²) >= 11 is 11.9. The normalized spacial score (nSPS) is 22.8. The molecule has 0 heterocycles. The van der Waals surface area contributed by atoms with Crippen LogP contribution < -0.4 is 0 Å². The van der Waals surface area contributed by atoms with Crippen molar-refractivity contribution in [2.45, 2.75) is 19.3 Å². The maximum Gasteiger partial charge on any atom is 0.328 e. The monoisotopic (exact) mass is 296 g/mol. The van der Waals surface area contributed by atoms with Crippen LogP contribution in [-0.2, 0) is 4.79 Å². The fourth-order valence-corrected chi connectivity index (χ4v) is 2.38. The molecule has 2 unspecified atom stereocenters. The SMILES string of the molecule is CC(C=CC1CC1c1ccc(Cl)c(Cl)c1)=CC(=O)O. The Hall–Kier alpha value is -1.25. The summed E-state index contributed by atoms with van der Waals surface area (Å²) in [4.78, 5) is 10.5. The fraction of sp³-hybridized carbons (Fsp3) is 0.267. The molecule has 4 heteroatoms. The molecule has 1 N–H and O–H groups in total. The van der Waals surface area contributed by atoms with E-state index in [1.807, 2.05) is 24.3 Å². The summed E-state index contributed by atoms with van der Waals surface area (Å²) in [5.41, 5.74) is 1.93. The molecule has 0 aromatic heterocycles. The third kappa shape index (κ3) is 3.85. The van der Waals surface area contributed by atoms with E-state index in [1.54, 1.807) is 6.92 Å². The van der Waals surface area contributed by atoms with Gasteiger partial charge in [-0.2, -0.15) is 0 Å². The molecule has 0 saturated heterocycles. The molecule has 1 aromatic rings. The standard InChI is InChI=1S/C15H14Cl2O2/c1-9(6-15(18)19)2-3-10-7-12(10)11-4-5-13(16)14(17)8-11/h2-6,8,10,12H,7H2,1H3,(H,18,19). The van der Waals surface area contributed by atoms with Crippen molar-refractivity contribution in [3.63, 3.8) is 0 Å². The summed E-state index contributed by atoms with van der Waals surface area (Å²) in [5, 5.41) is 9.76. The van der Waals surface area contributed by atoms with Crippen LogP contribution in [0.3, 0.4) is 0 Å². The molecule has 1 aliphatic rings. The van der Waals surface area contributed by atoms with Crippen molar-refractivity contribution in [3.8, 4) is 0 Å². The van der Waals surface area contributed by atoms with Crippen molar-refractivity contribution in [3.05, 3.63) is 57.6 Å². The summed E-state index contributed by atoms with van der Waals surface area (Å²) in [6, 6.07) is 5.71. The van der Waals surface area contributed by atoms with Crippen LogP contribution in [0.2, 0.25) is 10.0 Å². The second-order valence-corrected chi connectivity index (χ2v) is 5.58. The second kappa shape index (κ2) is 5.81. The molecule has 0 amide bonds. The molecule has 19 heavy (non-hydrogen) atoms. The van der Waals surface area contributed by atoms with E-state index in [2.05, 4.69) is 6.08 Å². The van der Waals surface area contributed by atoms with Crippen LogP contribution in [0, 0.1) is 5.92 Å². The van der Waals surface area contributed by atoms with Gasteiger partial charge < -0.3 is 5.11 Å². The average Bonchev–Trinajstić information content (AvgIpc) is 3.09. The summed E-state index contributed by atoms with van der Waals surface area (Å²) in [7, 11) is 0. The van der Waals surface area contributed by atoms with Crippen LogP contribution in [-0.4, -0.2) is 11.1 Å². The number of hydrogen-bond acceptors (Lipinski definition) is 1. The van der Waals surface area contributed by atoms with E-state index < -0.39 is 5.97 Å². The molecule has 1 saturated carbocycles. The predicted molar refractivity (Wildman–Crippen MR) is 77.8 cm³/mol. The van der Waals surface area contributed by atoms with E-state index in [0.717, 1.165) is 12.0 Å². The Morgan fingerprint density at radius 3 is 2.74 bits per heavy atom. The van der Waals surface area contributed by atoms with Crippen LogP contribution in [0.15, 0.2) is 42.0 Å². The molecule has 0 spiro atoms. The summed E-state index contributed by atoms with van der Waals surface area (Å²) in [6.45, 7) is 1.78. The molecule has 100 valence electrons. The van der Waals surface area contributed by atoms with E-state index in [-0.39, 0.29) is 0 Å². The van der Waals surface area contributed by atoms with Crippen LogP contribution in [0.5, 0.6) is 0 Å². The highest BCUT2D eigenvalue weighted by atomic mass is 35.5. The average molecular weight is 297 g/mol. The number of allylic oxidation sites excluding steroid dienone is 3. The Morgan fingerprint density at radius 1 is 1.37 bits per heavy atom. The minimum atomic E-state index is -0.918. The van der Waals surface area contributed by atoms with Gasteiger partial charge in [-0.15, -0.1) is 0 Å². The summed E-state index contributed by atoms with van der Waals surface area (Å²) in [5.74, 6) is -0.00277. The maximum absolute atomic E-state index is 10.5. The molecule has 1 aliphatic carbocycles. The third-order valence-electron chi connectivity index (χ3n) is 3.17. The van der Waals surface area contributed by atoms with Crippen LogP contribution in [0.25, 0.3) is 0 Å². The zero-order chi connectivity index (χ0) is 14.0. The van der Waals surface area contributed by atoms with Crippen molar-refractivity contribution in [1.82, 2.24) is 0 Å². The van der Waals surface area contributed by atoms with Crippen LogP contribution in [0.4, 0.5) is 0 Å². The quantitative estimate of drug-likeness (QED) is 0.647. The number of rotatable bonds is 4. The van der Waals surface area contributed by atoms with Gasteiger partial charge in [0.15, 0.2) is 0 Å². The Bertz CT molecular complexity index is 561. The lowest BCUT2D eigenvalue weighted by atomic mass is 10.1. The van der Waals surface area contributed by atoms with Crippen molar-refractivity contribution >= 4 is 29.2 Å².